The fourth-order valence-electron chi connectivity index (χ4n) is 1.64. The molecule has 1 rings (SSSR count). The molecule has 0 fully saturated rings. The number of carbonyl (C=O) groups is 2. The Hall–Kier alpha value is -2.76. The van der Waals surface area contributed by atoms with Crippen molar-refractivity contribution >= 4 is 23.8 Å². The van der Waals surface area contributed by atoms with E-state index in [9.17, 15) is 9.59 Å². The number of allylic oxidation sites excluding steroid dienone is 1. The van der Waals surface area contributed by atoms with Gasteiger partial charge in [0.15, 0.2) is 0 Å². The van der Waals surface area contributed by atoms with E-state index >= 15 is 0 Å². The number of carbonyl (C=O) groups excluding carboxylic acids is 1. The summed E-state index contributed by atoms with van der Waals surface area (Å²) < 4.78 is 4.92. The summed E-state index contributed by atoms with van der Waals surface area (Å²) in [6, 6.07) is 6.80. The zero-order chi connectivity index (χ0) is 19.5. The maximum Gasteiger partial charge on any atom is 0.408 e. The number of hydrogen-bond acceptors (Lipinski definition) is 4. The van der Waals surface area contributed by atoms with Gasteiger partial charge in [0, 0.05) is 5.69 Å². The quantitative estimate of drug-likeness (QED) is 0.554. The summed E-state index contributed by atoms with van der Waals surface area (Å²) in [5.74, 6) is -1.11. The van der Waals surface area contributed by atoms with E-state index in [0.717, 1.165) is 5.69 Å². The van der Waals surface area contributed by atoms with Crippen molar-refractivity contribution in [1.29, 1.82) is 0 Å². The van der Waals surface area contributed by atoms with E-state index in [-0.39, 0.29) is 6.42 Å². The molecule has 0 bridgehead atoms. The van der Waals surface area contributed by atoms with Gasteiger partial charge in [-0.2, -0.15) is 0 Å². The molecule has 6 nitrogen and oxygen atoms in total. The van der Waals surface area contributed by atoms with E-state index in [1.807, 2.05) is 43.3 Å². The third-order valence-electron chi connectivity index (χ3n) is 2.69. The van der Waals surface area contributed by atoms with Crippen LogP contribution in [0.1, 0.15) is 39.7 Å². The lowest BCUT2D eigenvalue weighted by atomic mass is 10.2. The van der Waals surface area contributed by atoms with Gasteiger partial charge in [-0.1, -0.05) is 30.4 Å². The van der Waals surface area contributed by atoms with Gasteiger partial charge in [-0.25, -0.2) is 9.59 Å². The highest BCUT2D eigenvalue weighted by atomic mass is 16.6. The van der Waals surface area contributed by atoms with E-state index in [1.165, 1.54) is 11.6 Å². The second-order valence-corrected chi connectivity index (χ2v) is 6.23. The minimum Gasteiger partial charge on any atom is -0.480 e. The second-order valence-electron chi connectivity index (χ2n) is 6.23. The van der Waals surface area contributed by atoms with Gasteiger partial charge < -0.3 is 20.9 Å². The molecule has 1 aromatic rings. The molecule has 0 spiro atoms. The van der Waals surface area contributed by atoms with Crippen LogP contribution in [0.2, 0.25) is 0 Å². The van der Waals surface area contributed by atoms with E-state index in [0.29, 0.717) is 0 Å². The van der Waals surface area contributed by atoms with Crippen molar-refractivity contribution in [1.82, 2.24) is 5.32 Å². The molecule has 0 aromatic heterocycles. The van der Waals surface area contributed by atoms with E-state index in [1.54, 1.807) is 20.8 Å². The molecule has 4 N–H and O–H groups in total. The summed E-state index contributed by atoms with van der Waals surface area (Å²) in [5, 5.41) is 11.0. The number of alkyl carbamates (subject to hydrolysis) is 1. The smallest absolute Gasteiger partial charge is 0.408 e. The second kappa shape index (κ2) is 10.9. The van der Waals surface area contributed by atoms with Gasteiger partial charge >= 0.3 is 12.1 Å². The number of nitrogens with one attached hydrogen (secondary N) is 1. The van der Waals surface area contributed by atoms with Crippen molar-refractivity contribution in [2.45, 2.75) is 45.8 Å². The molecule has 0 saturated carbocycles. The number of nitrogens with two attached hydrogens (primary N) is 1. The van der Waals surface area contributed by atoms with Gasteiger partial charge in [0.1, 0.15) is 11.6 Å². The number of rotatable bonds is 5. The number of hydrogen-bond donors (Lipinski definition) is 3. The number of amides is 1. The lowest BCUT2D eigenvalue weighted by molar-refractivity contribution is -0.139. The first kappa shape index (κ1) is 22.2. The van der Waals surface area contributed by atoms with Crippen LogP contribution in [0.15, 0.2) is 43.0 Å². The Balaban J connectivity index is 0.000000496. The van der Waals surface area contributed by atoms with Gasteiger partial charge in [-0.15, -0.1) is 6.58 Å². The van der Waals surface area contributed by atoms with Gasteiger partial charge in [0.25, 0.3) is 0 Å². The van der Waals surface area contributed by atoms with Crippen molar-refractivity contribution < 1.29 is 19.4 Å². The van der Waals surface area contributed by atoms with Crippen molar-refractivity contribution in [3.05, 3.63) is 48.6 Å². The predicted molar refractivity (Wildman–Crippen MR) is 101 cm³/mol. The monoisotopic (exact) mass is 348 g/mol. The Bertz CT molecular complexity index is 586. The molecule has 1 atom stereocenters. The molecule has 0 aliphatic heterocycles. The lowest BCUT2D eigenvalue weighted by Gasteiger charge is -2.21. The number of aliphatic carboxylic acids is 1. The Morgan fingerprint density at radius 2 is 1.88 bits per heavy atom. The SMILES string of the molecule is C/C=C/c1ccc(N)cc1.C=CCC(NC(=O)OC(C)(C)C)C(=O)O. The summed E-state index contributed by atoms with van der Waals surface area (Å²) in [7, 11) is 0. The fourth-order valence-corrected chi connectivity index (χ4v) is 1.64. The first-order valence-electron chi connectivity index (χ1n) is 7.90. The van der Waals surface area contributed by atoms with Crippen molar-refractivity contribution in [2.75, 3.05) is 5.73 Å². The Morgan fingerprint density at radius 1 is 1.32 bits per heavy atom. The Labute approximate surface area is 149 Å². The molecule has 6 heteroatoms. The average molecular weight is 348 g/mol. The predicted octanol–water partition coefficient (Wildman–Crippen LogP) is 3.84. The zero-order valence-electron chi connectivity index (χ0n) is 15.3. The minimum atomic E-state index is -1.11. The van der Waals surface area contributed by atoms with Gasteiger partial charge in [0.2, 0.25) is 0 Å². The largest absolute Gasteiger partial charge is 0.480 e. The molecule has 0 radical (unpaired) electrons. The maximum atomic E-state index is 11.2. The van der Waals surface area contributed by atoms with Crippen LogP contribution in [0.4, 0.5) is 10.5 Å². The Kier molecular flexibility index (Phi) is 9.71. The zero-order valence-corrected chi connectivity index (χ0v) is 15.3. The van der Waals surface area contributed by atoms with E-state index < -0.39 is 23.7 Å². The molecule has 0 saturated heterocycles. The Morgan fingerprint density at radius 3 is 2.28 bits per heavy atom. The lowest BCUT2D eigenvalue weighted by Crippen LogP contribution is -2.43. The van der Waals surface area contributed by atoms with Crippen LogP contribution in [0.3, 0.4) is 0 Å². The third-order valence-corrected chi connectivity index (χ3v) is 2.69. The summed E-state index contributed by atoms with van der Waals surface area (Å²) in [4.78, 5) is 21.9. The van der Waals surface area contributed by atoms with Crippen LogP contribution in [-0.4, -0.2) is 28.8 Å². The van der Waals surface area contributed by atoms with Crippen LogP contribution >= 0.6 is 0 Å². The fraction of sp³-hybridized carbons (Fsp3) is 0.368. The number of anilines is 1. The van der Waals surface area contributed by atoms with Gasteiger partial charge in [-0.3, -0.25) is 0 Å². The molecule has 25 heavy (non-hydrogen) atoms. The normalized spacial score (nSPS) is 11.8. The molecular weight excluding hydrogens is 320 g/mol. The highest BCUT2D eigenvalue weighted by Gasteiger charge is 2.22. The summed E-state index contributed by atoms with van der Waals surface area (Å²) in [6.45, 7) is 10.5. The standard InChI is InChI=1S/C10H17NO4.C9H11N/c1-5-6-7(8(12)13)11-9(14)15-10(2,3)4;1-2-3-8-4-6-9(10)7-5-8/h5,7H,1,6H2,2-4H3,(H,11,14)(H,12,13);2-7H,10H2,1H3/b;3-2+. The molecular formula is C19H28N2O4. The first-order chi connectivity index (χ1) is 11.6. The summed E-state index contributed by atoms with van der Waals surface area (Å²) in [6.07, 6.45) is 4.90. The molecule has 138 valence electrons. The number of carboxylic acid groups (broad SMARTS) is 1. The molecule has 1 aromatic carbocycles. The number of benzene rings is 1. The van der Waals surface area contributed by atoms with Crippen LogP contribution in [0, 0.1) is 0 Å². The molecule has 0 aliphatic carbocycles. The van der Waals surface area contributed by atoms with Gasteiger partial charge in [0.05, 0.1) is 0 Å². The third kappa shape index (κ3) is 11.4. The molecule has 0 aliphatic rings. The number of ether oxygens (including phenoxy) is 1. The van der Waals surface area contributed by atoms with E-state index in [2.05, 4.69) is 11.9 Å². The number of carboxylic acids is 1. The minimum absolute atomic E-state index is 0.161. The van der Waals surface area contributed by atoms with Crippen LogP contribution in [0.5, 0.6) is 0 Å². The maximum absolute atomic E-state index is 11.2. The molecule has 1 amide bonds. The van der Waals surface area contributed by atoms with Crippen LogP contribution in [0.25, 0.3) is 6.08 Å². The first-order valence-corrected chi connectivity index (χ1v) is 7.90. The molecule has 0 heterocycles. The highest BCUT2D eigenvalue weighted by Crippen LogP contribution is 2.07. The highest BCUT2D eigenvalue weighted by molar-refractivity contribution is 5.80. The van der Waals surface area contributed by atoms with Gasteiger partial charge in [-0.05, 0) is 51.8 Å². The topological polar surface area (TPSA) is 102 Å². The summed E-state index contributed by atoms with van der Waals surface area (Å²) in [5.41, 5.74) is 6.87. The average Bonchev–Trinajstić information content (AvgIpc) is 2.48. The van der Waals surface area contributed by atoms with Crippen LogP contribution in [-0.2, 0) is 9.53 Å². The number of nitrogen functional groups attached to an aromatic ring is 1. The van der Waals surface area contributed by atoms with Crippen molar-refractivity contribution in [3.63, 3.8) is 0 Å². The van der Waals surface area contributed by atoms with Crippen LogP contribution < -0.4 is 11.1 Å². The van der Waals surface area contributed by atoms with Crippen molar-refractivity contribution in [2.24, 2.45) is 0 Å². The molecule has 1 unspecified atom stereocenters. The summed E-state index contributed by atoms with van der Waals surface area (Å²) >= 11 is 0. The van der Waals surface area contributed by atoms with Crippen molar-refractivity contribution in [3.8, 4) is 0 Å². The van der Waals surface area contributed by atoms with E-state index in [4.69, 9.17) is 15.6 Å².